The molecule has 0 rings (SSSR count). The molecule has 96 valence electrons. The lowest BCUT2D eigenvalue weighted by Crippen LogP contribution is -2.05. The van der Waals surface area contributed by atoms with Crippen LogP contribution in [-0.2, 0) is 14.2 Å². The molecule has 0 amide bonds. The molecule has 0 radical (unpaired) electrons. The van der Waals surface area contributed by atoms with Crippen molar-refractivity contribution >= 4 is 12.3 Å². The molecule has 0 saturated heterocycles. The van der Waals surface area contributed by atoms with Crippen LogP contribution in [0.3, 0.4) is 0 Å². The Bertz CT molecular complexity index is 278. The van der Waals surface area contributed by atoms with Gasteiger partial charge in [0.2, 0.25) is 0 Å². The molecular formula is C10H14O7. The molecule has 0 fully saturated rings. The highest BCUT2D eigenvalue weighted by Crippen LogP contribution is 2.04. The average molecular weight is 246 g/mol. The van der Waals surface area contributed by atoms with Crippen LogP contribution in [0.25, 0.3) is 0 Å². The summed E-state index contributed by atoms with van der Waals surface area (Å²) >= 11 is 0. The van der Waals surface area contributed by atoms with Crippen molar-refractivity contribution in [1.29, 1.82) is 0 Å². The summed E-state index contributed by atoms with van der Waals surface area (Å²) < 4.78 is 13.6. The average Bonchev–Trinajstić information content (AvgIpc) is 2.14. The summed E-state index contributed by atoms with van der Waals surface area (Å²) in [4.78, 5) is 20.2. The van der Waals surface area contributed by atoms with E-state index in [-0.39, 0.29) is 37.6 Å². The molecule has 0 unspecified atom stereocenters. The zero-order valence-corrected chi connectivity index (χ0v) is 9.18. The Balaban J connectivity index is 3.46. The van der Waals surface area contributed by atoms with Gasteiger partial charge in [0.1, 0.15) is 11.5 Å². The van der Waals surface area contributed by atoms with E-state index >= 15 is 0 Å². The number of rotatable bonds is 8. The Kier molecular flexibility index (Phi) is 7.20. The van der Waals surface area contributed by atoms with Gasteiger partial charge in [-0.1, -0.05) is 13.2 Å². The highest BCUT2D eigenvalue weighted by molar-refractivity contribution is 5.58. The molecule has 0 heterocycles. The van der Waals surface area contributed by atoms with E-state index in [1.54, 1.807) is 0 Å². The first kappa shape index (κ1) is 15.0. The highest BCUT2D eigenvalue weighted by Gasteiger charge is 2.03. The first-order valence-electron chi connectivity index (χ1n) is 4.66. The highest BCUT2D eigenvalue weighted by atomic mass is 16.7. The van der Waals surface area contributed by atoms with E-state index < -0.39 is 12.3 Å². The van der Waals surface area contributed by atoms with Crippen LogP contribution in [0.1, 0.15) is 12.8 Å². The van der Waals surface area contributed by atoms with Gasteiger partial charge in [-0.3, -0.25) is 0 Å². The van der Waals surface area contributed by atoms with Crippen molar-refractivity contribution in [3.63, 3.8) is 0 Å². The molecule has 0 spiro atoms. The molecule has 0 aliphatic heterocycles. The molecule has 0 aliphatic carbocycles. The van der Waals surface area contributed by atoms with E-state index in [9.17, 15) is 9.59 Å². The van der Waals surface area contributed by atoms with Crippen molar-refractivity contribution in [2.45, 2.75) is 12.8 Å². The van der Waals surface area contributed by atoms with Crippen molar-refractivity contribution in [2.24, 2.45) is 0 Å². The zero-order chi connectivity index (χ0) is 13.3. The quantitative estimate of drug-likeness (QED) is 0.384. The Labute approximate surface area is 97.9 Å². The first-order valence-corrected chi connectivity index (χ1v) is 4.66. The number of hydrogen-bond acceptors (Lipinski definition) is 5. The topological polar surface area (TPSA) is 102 Å². The molecule has 7 nitrogen and oxygen atoms in total. The van der Waals surface area contributed by atoms with Crippen molar-refractivity contribution in [1.82, 2.24) is 0 Å². The van der Waals surface area contributed by atoms with Gasteiger partial charge < -0.3 is 24.4 Å². The molecule has 0 saturated carbocycles. The minimum Gasteiger partial charge on any atom is -0.449 e. The van der Waals surface area contributed by atoms with E-state index in [2.05, 4.69) is 22.6 Å². The smallest absolute Gasteiger partial charge is 0.449 e. The predicted octanol–water partition coefficient (Wildman–Crippen LogP) is 2.20. The second kappa shape index (κ2) is 8.17. The standard InChI is InChI=1S/C10H14O7/c1-7(16-9(11)12)3-5-15-6-4-8(2)17-10(13)14/h1-6H2,(H,11,12)(H,13,14). The normalized spacial score (nSPS) is 9.41. The summed E-state index contributed by atoms with van der Waals surface area (Å²) in [5.74, 6) is 0.163. The van der Waals surface area contributed by atoms with Crippen LogP contribution in [0.5, 0.6) is 0 Å². The summed E-state index contributed by atoms with van der Waals surface area (Å²) in [6, 6.07) is 0. The van der Waals surface area contributed by atoms with Crippen molar-refractivity contribution in [2.75, 3.05) is 13.2 Å². The lowest BCUT2D eigenvalue weighted by Gasteiger charge is -2.06. The lowest BCUT2D eigenvalue weighted by molar-refractivity contribution is 0.0922. The van der Waals surface area contributed by atoms with Gasteiger partial charge in [0, 0.05) is 12.8 Å². The predicted molar refractivity (Wildman–Crippen MR) is 56.6 cm³/mol. The molecule has 0 atom stereocenters. The molecule has 0 aromatic carbocycles. The van der Waals surface area contributed by atoms with Gasteiger partial charge in [-0.05, 0) is 0 Å². The number of hydrogen-bond donors (Lipinski definition) is 2. The molecule has 0 aromatic rings. The lowest BCUT2D eigenvalue weighted by atomic mass is 10.4. The fraction of sp³-hybridized carbons (Fsp3) is 0.400. The van der Waals surface area contributed by atoms with Gasteiger partial charge in [0.25, 0.3) is 0 Å². The second-order valence-corrected chi connectivity index (χ2v) is 2.93. The maximum atomic E-state index is 10.1. The summed E-state index contributed by atoms with van der Waals surface area (Å²) in [6.07, 6.45) is -2.37. The van der Waals surface area contributed by atoms with Crippen molar-refractivity contribution in [3.8, 4) is 0 Å². The molecule has 2 N–H and O–H groups in total. The van der Waals surface area contributed by atoms with Gasteiger partial charge in [-0.15, -0.1) is 0 Å². The molecule has 7 heteroatoms. The van der Waals surface area contributed by atoms with Crippen LogP contribution in [0.2, 0.25) is 0 Å². The molecule has 0 aromatic heterocycles. The van der Waals surface area contributed by atoms with Crippen LogP contribution in [-0.4, -0.2) is 35.7 Å². The SMILES string of the molecule is C=C(CCOCCC(=C)OC(=O)O)OC(=O)O. The minimum absolute atomic E-state index is 0.0816. The maximum Gasteiger partial charge on any atom is 0.510 e. The molecule has 17 heavy (non-hydrogen) atoms. The number of carbonyl (C=O) groups is 2. The van der Waals surface area contributed by atoms with Gasteiger partial charge in [-0.25, -0.2) is 9.59 Å². The van der Waals surface area contributed by atoms with E-state index in [4.69, 9.17) is 14.9 Å². The van der Waals surface area contributed by atoms with Crippen LogP contribution in [0.15, 0.2) is 24.7 Å². The summed E-state index contributed by atoms with van der Waals surface area (Å²) in [7, 11) is 0. The van der Waals surface area contributed by atoms with Gasteiger partial charge >= 0.3 is 12.3 Å². The van der Waals surface area contributed by atoms with Gasteiger partial charge in [-0.2, -0.15) is 0 Å². The summed E-state index contributed by atoms with van der Waals surface area (Å²) in [5, 5.41) is 16.5. The Morgan fingerprint density at radius 3 is 1.53 bits per heavy atom. The minimum atomic E-state index is -1.42. The third-order valence-electron chi connectivity index (χ3n) is 1.51. The number of ether oxygens (including phenoxy) is 3. The van der Waals surface area contributed by atoms with Crippen LogP contribution in [0, 0.1) is 0 Å². The van der Waals surface area contributed by atoms with Gasteiger partial charge in [0.15, 0.2) is 0 Å². The van der Waals surface area contributed by atoms with Gasteiger partial charge in [0.05, 0.1) is 13.2 Å². The first-order chi connectivity index (χ1) is 7.91. The van der Waals surface area contributed by atoms with Crippen LogP contribution in [0.4, 0.5) is 9.59 Å². The largest absolute Gasteiger partial charge is 0.510 e. The fourth-order valence-electron chi connectivity index (χ4n) is 0.823. The third-order valence-corrected chi connectivity index (χ3v) is 1.51. The zero-order valence-electron chi connectivity index (χ0n) is 9.18. The van der Waals surface area contributed by atoms with Crippen LogP contribution < -0.4 is 0 Å². The molecule has 0 bridgehead atoms. The van der Waals surface area contributed by atoms with E-state index in [0.29, 0.717) is 0 Å². The van der Waals surface area contributed by atoms with E-state index in [0.717, 1.165) is 0 Å². The Morgan fingerprint density at radius 1 is 0.882 bits per heavy atom. The monoisotopic (exact) mass is 246 g/mol. The summed E-state index contributed by atoms with van der Waals surface area (Å²) in [6.45, 7) is 7.16. The fourth-order valence-corrected chi connectivity index (χ4v) is 0.823. The maximum absolute atomic E-state index is 10.1. The van der Waals surface area contributed by atoms with Crippen LogP contribution >= 0.6 is 0 Å². The van der Waals surface area contributed by atoms with E-state index in [1.165, 1.54) is 0 Å². The summed E-state index contributed by atoms with van der Waals surface area (Å²) in [5.41, 5.74) is 0. The van der Waals surface area contributed by atoms with Crippen molar-refractivity contribution in [3.05, 3.63) is 24.7 Å². The number of carboxylic acid groups (broad SMARTS) is 2. The Hall–Kier alpha value is -2.02. The van der Waals surface area contributed by atoms with Crippen molar-refractivity contribution < 1.29 is 34.0 Å². The second-order valence-electron chi connectivity index (χ2n) is 2.93. The molecule has 0 aliphatic rings. The molecular weight excluding hydrogens is 232 g/mol. The third kappa shape index (κ3) is 10.3. The Morgan fingerprint density at radius 2 is 1.24 bits per heavy atom. The van der Waals surface area contributed by atoms with E-state index in [1.807, 2.05) is 0 Å².